The summed E-state index contributed by atoms with van der Waals surface area (Å²) >= 11 is 0. The number of benzene rings is 1. The summed E-state index contributed by atoms with van der Waals surface area (Å²) in [5.41, 5.74) is 1.07. The molecule has 1 N–H and O–H groups in total. The molecule has 106 valence electrons. The van der Waals surface area contributed by atoms with E-state index in [2.05, 4.69) is 0 Å². The fraction of sp³-hybridized carbons (Fsp3) is 0.600. The van der Waals surface area contributed by atoms with Crippen molar-refractivity contribution in [1.29, 1.82) is 0 Å². The van der Waals surface area contributed by atoms with Crippen LogP contribution < -0.4 is 9.47 Å². The average Bonchev–Trinajstić information content (AvgIpc) is 2.46. The van der Waals surface area contributed by atoms with Gasteiger partial charge in [0.05, 0.1) is 13.7 Å². The molecule has 0 bridgehead atoms. The fourth-order valence-electron chi connectivity index (χ4n) is 2.34. The molecule has 1 unspecified atom stereocenters. The minimum Gasteiger partial charge on any atom is -0.493 e. The first-order chi connectivity index (χ1) is 9.35. The van der Waals surface area contributed by atoms with Gasteiger partial charge < -0.3 is 19.3 Å². The summed E-state index contributed by atoms with van der Waals surface area (Å²) in [6.07, 6.45) is 3.68. The SMILES string of the molecule is COc1c(CCCO)cccc1OC1CCCOC1. The molecule has 19 heavy (non-hydrogen) atoms. The van der Waals surface area contributed by atoms with Crippen LogP contribution in [0.25, 0.3) is 0 Å². The van der Waals surface area contributed by atoms with E-state index in [1.807, 2.05) is 18.2 Å². The van der Waals surface area contributed by atoms with Gasteiger partial charge in [0.15, 0.2) is 11.5 Å². The largest absolute Gasteiger partial charge is 0.493 e. The number of hydrogen-bond acceptors (Lipinski definition) is 4. The van der Waals surface area contributed by atoms with Crippen molar-refractivity contribution >= 4 is 0 Å². The maximum Gasteiger partial charge on any atom is 0.163 e. The third kappa shape index (κ3) is 3.85. The van der Waals surface area contributed by atoms with E-state index in [4.69, 9.17) is 19.3 Å². The van der Waals surface area contributed by atoms with Gasteiger partial charge in [0, 0.05) is 13.2 Å². The van der Waals surface area contributed by atoms with Gasteiger partial charge in [-0.1, -0.05) is 12.1 Å². The topological polar surface area (TPSA) is 47.9 Å². The molecule has 1 saturated heterocycles. The molecule has 0 aliphatic carbocycles. The predicted octanol–water partition coefficient (Wildman–Crippen LogP) is 2.18. The minimum atomic E-state index is 0.107. The molecule has 4 heteroatoms. The zero-order valence-corrected chi connectivity index (χ0v) is 11.4. The van der Waals surface area contributed by atoms with Gasteiger partial charge in [-0.25, -0.2) is 0 Å². The van der Waals surface area contributed by atoms with Crippen molar-refractivity contribution in [3.8, 4) is 11.5 Å². The molecule has 1 aliphatic rings. The highest BCUT2D eigenvalue weighted by Gasteiger charge is 2.18. The van der Waals surface area contributed by atoms with Crippen molar-refractivity contribution in [2.75, 3.05) is 26.9 Å². The van der Waals surface area contributed by atoms with E-state index in [0.717, 1.165) is 49.4 Å². The Labute approximate surface area is 114 Å². The summed E-state index contributed by atoms with van der Waals surface area (Å²) in [5.74, 6) is 1.55. The van der Waals surface area contributed by atoms with Crippen LogP contribution in [0, 0.1) is 0 Å². The van der Waals surface area contributed by atoms with E-state index in [1.54, 1.807) is 7.11 Å². The first kappa shape index (κ1) is 14.2. The maximum absolute atomic E-state index is 8.93. The Morgan fingerprint density at radius 2 is 2.32 bits per heavy atom. The van der Waals surface area contributed by atoms with Crippen LogP contribution in [0.2, 0.25) is 0 Å². The van der Waals surface area contributed by atoms with Crippen LogP contribution in [-0.4, -0.2) is 38.1 Å². The highest BCUT2D eigenvalue weighted by Crippen LogP contribution is 2.33. The Kier molecular flexibility index (Phi) is 5.48. The third-order valence-electron chi connectivity index (χ3n) is 3.28. The second-order valence-electron chi connectivity index (χ2n) is 4.73. The van der Waals surface area contributed by atoms with Gasteiger partial charge in [0.2, 0.25) is 0 Å². The van der Waals surface area contributed by atoms with Crippen molar-refractivity contribution in [2.45, 2.75) is 31.8 Å². The van der Waals surface area contributed by atoms with Gasteiger partial charge in [0.1, 0.15) is 6.10 Å². The van der Waals surface area contributed by atoms with Crippen molar-refractivity contribution in [1.82, 2.24) is 0 Å². The zero-order chi connectivity index (χ0) is 13.5. The maximum atomic E-state index is 8.93. The highest BCUT2D eigenvalue weighted by atomic mass is 16.5. The fourth-order valence-corrected chi connectivity index (χ4v) is 2.34. The molecule has 1 fully saturated rings. The number of aliphatic hydroxyl groups excluding tert-OH is 1. The van der Waals surface area contributed by atoms with Crippen LogP contribution in [0.3, 0.4) is 0 Å². The minimum absolute atomic E-state index is 0.107. The summed E-state index contributed by atoms with van der Waals surface area (Å²) in [7, 11) is 1.65. The molecule has 1 aromatic rings. The van der Waals surface area contributed by atoms with E-state index in [1.165, 1.54) is 0 Å². The Balaban J connectivity index is 2.09. The first-order valence-corrected chi connectivity index (χ1v) is 6.86. The van der Waals surface area contributed by atoms with E-state index >= 15 is 0 Å². The molecular formula is C15H22O4. The lowest BCUT2D eigenvalue weighted by Gasteiger charge is -2.24. The summed E-state index contributed by atoms with van der Waals surface area (Å²) in [4.78, 5) is 0. The van der Waals surface area contributed by atoms with Gasteiger partial charge in [0.25, 0.3) is 0 Å². The van der Waals surface area contributed by atoms with E-state index in [0.29, 0.717) is 6.61 Å². The van der Waals surface area contributed by atoms with Crippen LogP contribution >= 0.6 is 0 Å². The third-order valence-corrected chi connectivity index (χ3v) is 3.28. The number of hydrogen-bond donors (Lipinski definition) is 1. The molecular weight excluding hydrogens is 244 g/mol. The molecule has 1 aromatic carbocycles. The lowest BCUT2D eigenvalue weighted by atomic mass is 10.1. The smallest absolute Gasteiger partial charge is 0.163 e. The summed E-state index contributed by atoms with van der Waals surface area (Å²) in [6, 6.07) is 5.91. The molecule has 0 spiro atoms. The number of ether oxygens (including phenoxy) is 3. The molecule has 1 atom stereocenters. The molecule has 0 radical (unpaired) electrons. The Hall–Kier alpha value is -1.26. The predicted molar refractivity (Wildman–Crippen MR) is 72.9 cm³/mol. The highest BCUT2D eigenvalue weighted by molar-refractivity contribution is 5.46. The van der Waals surface area contributed by atoms with Gasteiger partial charge in [-0.15, -0.1) is 0 Å². The number of rotatable bonds is 6. The van der Waals surface area contributed by atoms with Gasteiger partial charge >= 0.3 is 0 Å². The van der Waals surface area contributed by atoms with Crippen molar-refractivity contribution in [2.24, 2.45) is 0 Å². The quantitative estimate of drug-likeness (QED) is 0.857. The number of methoxy groups -OCH3 is 1. The van der Waals surface area contributed by atoms with Crippen molar-refractivity contribution < 1.29 is 19.3 Å². The normalized spacial score (nSPS) is 19.2. The molecule has 0 aromatic heterocycles. The summed E-state index contributed by atoms with van der Waals surface area (Å²) in [5, 5.41) is 8.93. The lowest BCUT2D eigenvalue weighted by Crippen LogP contribution is -2.28. The van der Waals surface area contributed by atoms with Gasteiger partial charge in [-0.05, 0) is 37.3 Å². The van der Waals surface area contributed by atoms with Crippen LogP contribution in [0.5, 0.6) is 11.5 Å². The Morgan fingerprint density at radius 3 is 3.00 bits per heavy atom. The molecule has 1 aliphatic heterocycles. The molecule has 0 amide bonds. The van der Waals surface area contributed by atoms with Crippen LogP contribution in [0.1, 0.15) is 24.8 Å². The van der Waals surface area contributed by atoms with Crippen molar-refractivity contribution in [3.05, 3.63) is 23.8 Å². The Bertz CT molecular complexity index is 386. The Morgan fingerprint density at radius 1 is 1.42 bits per heavy atom. The van der Waals surface area contributed by atoms with Crippen LogP contribution in [-0.2, 0) is 11.2 Å². The molecule has 0 saturated carbocycles. The van der Waals surface area contributed by atoms with Crippen LogP contribution in [0.15, 0.2) is 18.2 Å². The molecule has 4 nitrogen and oxygen atoms in total. The number of aryl methyl sites for hydroxylation is 1. The van der Waals surface area contributed by atoms with E-state index in [-0.39, 0.29) is 12.7 Å². The van der Waals surface area contributed by atoms with E-state index < -0.39 is 0 Å². The van der Waals surface area contributed by atoms with Crippen LogP contribution in [0.4, 0.5) is 0 Å². The zero-order valence-electron chi connectivity index (χ0n) is 11.4. The monoisotopic (exact) mass is 266 g/mol. The summed E-state index contributed by atoms with van der Waals surface area (Å²) < 4.78 is 16.9. The molecule has 1 heterocycles. The van der Waals surface area contributed by atoms with E-state index in [9.17, 15) is 0 Å². The molecule has 2 rings (SSSR count). The summed E-state index contributed by atoms with van der Waals surface area (Å²) in [6.45, 7) is 1.66. The average molecular weight is 266 g/mol. The van der Waals surface area contributed by atoms with Gasteiger partial charge in [-0.2, -0.15) is 0 Å². The first-order valence-electron chi connectivity index (χ1n) is 6.86. The lowest BCUT2D eigenvalue weighted by molar-refractivity contribution is 0.00639. The second kappa shape index (κ2) is 7.36. The van der Waals surface area contributed by atoms with Crippen molar-refractivity contribution in [3.63, 3.8) is 0 Å². The van der Waals surface area contributed by atoms with Gasteiger partial charge in [-0.3, -0.25) is 0 Å². The number of aliphatic hydroxyl groups is 1. The number of para-hydroxylation sites is 1. The standard InChI is InChI=1S/C15H22O4/c1-17-15-12(6-3-9-16)5-2-8-14(15)19-13-7-4-10-18-11-13/h2,5,8,13,16H,3-4,6-7,9-11H2,1H3. The second-order valence-corrected chi connectivity index (χ2v) is 4.73.